The fraction of sp³-hybridized carbons (Fsp3) is 0.529. The highest BCUT2D eigenvalue weighted by Gasteiger charge is 2.39. The number of hydrogen-bond donors (Lipinski definition) is 0. The number of aryl methyl sites for hydroxylation is 1. The van der Waals surface area contributed by atoms with Gasteiger partial charge in [-0.25, -0.2) is 13.4 Å². The fourth-order valence-electron chi connectivity index (χ4n) is 2.87. The summed E-state index contributed by atoms with van der Waals surface area (Å²) in [6, 6.07) is 5.51. The molecule has 1 aliphatic heterocycles. The van der Waals surface area contributed by atoms with E-state index in [1.165, 1.54) is 0 Å². The van der Waals surface area contributed by atoms with Crippen LogP contribution < -0.4 is 0 Å². The van der Waals surface area contributed by atoms with Gasteiger partial charge in [-0.05, 0) is 30.5 Å². The Hall–Kier alpha value is -1.47. The molecule has 1 amide bonds. The average Bonchev–Trinajstić information content (AvgIpc) is 2.85. The molecule has 0 N–H and O–H groups in total. The number of carbonyl (C=O) groups is 1. The molecule has 7 heteroatoms. The number of sulfone groups is 1. The van der Waals surface area contributed by atoms with Crippen LogP contribution >= 0.6 is 11.3 Å². The second-order valence-corrected chi connectivity index (χ2v) is 10.1. The Balaban J connectivity index is 1.70. The van der Waals surface area contributed by atoms with Crippen molar-refractivity contribution in [3.63, 3.8) is 0 Å². The molecule has 3 rings (SSSR count). The summed E-state index contributed by atoms with van der Waals surface area (Å²) in [6.07, 6.45) is 0.879. The molecule has 0 bridgehead atoms. The van der Waals surface area contributed by atoms with Crippen molar-refractivity contribution in [1.29, 1.82) is 0 Å². The summed E-state index contributed by atoms with van der Waals surface area (Å²) < 4.78 is 25.4. The second-order valence-electron chi connectivity index (χ2n) is 6.70. The van der Waals surface area contributed by atoms with E-state index in [9.17, 15) is 13.2 Å². The number of nitrogens with zero attached hydrogens (tertiary/aromatic N) is 2. The minimum Gasteiger partial charge on any atom is -0.336 e. The minimum absolute atomic E-state index is 0.0978. The zero-order valence-electron chi connectivity index (χ0n) is 14.2. The normalized spacial score (nSPS) is 15.9. The molecular weight excluding hydrogens is 344 g/mol. The SMILES string of the molecule is CCc1nc2ccc(C(=O)N3CC(S(=O)(=O)CC(C)C)C3)cc2s1. The van der Waals surface area contributed by atoms with Crippen LogP contribution in [0.25, 0.3) is 10.2 Å². The molecule has 1 saturated heterocycles. The Bertz CT molecular complexity index is 865. The number of fused-ring (bicyclic) bond motifs is 1. The monoisotopic (exact) mass is 366 g/mol. The molecule has 0 unspecified atom stereocenters. The molecule has 1 fully saturated rings. The Morgan fingerprint density at radius 1 is 1.38 bits per heavy atom. The summed E-state index contributed by atoms with van der Waals surface area (Å²) in [6.45, 7) is 6.45. The van der Waals surface area contributed by atoms with Crippen LogP contribution in [0.1, 0.15) is 36.1 Å². The molecule has 5 nitrogen and oxygen atoms in total. The number of amides is 1. The van der Waals surface area contributed by atoms with E-state index in [4.69, 9.17) is 0 Å². The van der Waals surface area contributed by atoms with E-state index in [-0.39, 0.29) is 17.6 Å². The lowest BCUT2D eigenvalue weighted by Crippen LogP contribution is -2.57. The van der Waals surface area contributed by atoms with E-state index < -0.39 is 15.1 Å². The van der Waals surface area contributed by atoms with Crippen LogP contribution in [0.3, 0.4) is 0 Å². The maximum atomic E-state index is 12.6. The molecular formula is C17H22N2O3S2. The van der Waals surface area contributed by atoms with Crippen molar-refractivity contribution in [2.75, 3.05) is 18.8 Å². The van der Waals surface area contributed by atoms with Crippen LogP contribution in [0.15, 0.2) is 18.2 Å². The van der Waals surface area contributed by atoms with Crippen LogP contribution in [-0.2, 0) is 16.3 Å². The number of aromatic nitrogens is 1. The Kier molecular flexibility index (Phi) is 4.66. The quantitative estimate of drug-likeness (QED) is 0.816. The van der Waals surface area contributed by atoms with Crippen LogP contribution in [0.2, 0.25) is 0 Å². The van der Waals surface area contributed by atoms with Crippen molar-refractivity contribution in [2.45, 2.75) is 32.4 Å². The first kappa shape index (κ1) is 17.4. The van der Waals surface area contributed by atoms with Gasteiger partial charge in [0.1, 0.15) is 0 Å². The van der Waals surface area contributed by atoms with Crippen LogP contribution in [0, 0.1) is 5.92 Å². The minimum atomic E-state index is -3.11. The van der Waals surface area contributed by atoms with Crippen molar-refractivity contribution in [1.82, 2.24) is 9.88 Å². The second kappa shape index (κ2) is 6.44. The van der Waals surface area contributed by atoms with Crippen LogP contribution in [0.5, 0.6) is 0 Å². The number of hydrogen-bond acceptors (Lipinski definition) is 5. The van der Waals surface area contributed by atoms with Crippen molar-refractivity contribution in [3.05, 3.63) is 28.8 Å². The first-order valence-corrected chi connectivity index (χ1v) is 10.7. The smallest absolute Gasteiger partial charge is 0.253 e. The molecule has 130 valence electrons. The lowest BCUT2D eigenvalue weighted by Gasteiger charge is -2.39. The van der Waals surface area contributed by atoms with Gasteiger partial charge in [0.2, 0.25) is 0 Å². The Morgan fingerprint density at radius 3 is 2.71 bits per heavy atom. The van der Waals surface area contributed by atoms with Gasteiger partial charge in [0, 0.05) is 18.7 Å². The Labute approximate surface area is 146 Å². The zero-order chi connectivity index (χ0) is 17.5. The molecule has 1 aromatic heterocycles. The highest BCUT2D eigenvalue weighted by atomic mass is 32.2. The topological polar surface area (TPSA) is 67.3 Å². The van der Waals surface area contributed by atoms with E-state index in [1.54, 1.807) is 22.3 Å². The number of thiazole rings is 1. The molecule has 24 heavy (non-hydrogen) atoms. The van der Waals surface area contributed by atoms with Gasteiger partial charge in [-0.2, -0.15) is 0 Å². The van der Waals surface area contributed by atoms with Gasteiger partial charge >= 0.3 is 0 Å². The van der Waals surface area contributed by atoms with E-state index >= 15 is 0 Å². The molecule has 1 aromatic carbocycles. The van der Waals surface area contributed by atoms with Gasteiger partial charge in [0.15, 0.2) is 9.84 Å². The highest BCUT2D eigenvalue weighted by Crippen LogP contribution is 2.26. The van der Waals surface area contributed by atoms with Crippen LogP contribution in [0.4, 0.5) is 0 Å². The average molecular weight is 367 g/mol. The van der Waals surface area contributed by atoms with Crippen molar-refractivity contribution >= 4 is 37.3 Å². The first-order valence-electron chi connectivity index (χ1n) is 8.20. The fourth-order valence-corrected chi connectivity index (χ4v) is 5.83. The lowest BCUT2D eigenvalue weighted by atomic mass is 10.1. The molecule has 1 aliphatic rings. The summed E-state index contributed by atoms with van der Waals surface area (Å²) in [4.78, 5) is 18.7. The van der Waals surface area contributed by atoms with E-state index in [2.05, 4.69) is 11.9 Å². The summed E-state index contributed by atoms with van der Waals surface area (Å²) in [5.74, 6) is 0.201. The van der Waals surface area contributed by atoms with Gasteiger partial charge in [-0.15, -0.1) is 11.3 Å². The van der Waals surface area contributed by atoms with Crippen molar-refractivity contribution < 1.29 is 13.2 Å². The molecule has 2 aromatic rings. The van der Waals surface area contributed by atoms with E-state index in [0.29, 0.717) is 18.7 Å². The van der Waals surface area contributed by atoms with Gasteiger partial charge in [0.25, 0.3) is 5.91 Å². The standard InChI is InChI=1S/C17H22N2O3S2/c1-4-16-18-14-6-5-12(7-15(14)23-16)17(20)19-8-13(9-19)24(21,22)10-11(2)3/h5-7,11,13H,4,8-10H2,1-3H3. The Morgan fingerprint density at radius 2 is 2.08 bits per heavy atom. The molecule has 0 radical (unpaired) electrons. The van der Waals surface area contributed by atoms with Gasteiger partial charge in [-0.1, -0.05) is 20.8 Å². The molecule has 0 aliphatic carbocycles. The van der Waals surface area contributed by atoms with Gasteiger partial charge < -0.3 is 4.90 Å². The zero-order valence-corrected chi connectivity index (χ0v) is 15.8. The predicted molar refractivity (Wildman–Crippen MR) is 97.3 cm³/mol. The summed E-state index contributed by atoms with van der Waals surface area (Å²) >= 11 is 1.60. The third-order valence-electron chi connectivity index (χ3n) is 4.19. The van der Waals surface area contributed by atoms with Crippen LogP contribution in [-0.4, -0.2) is 48.3 Å². The number of carbonyl (C=O) groups excluding carboxylic acids is 1. The van der Waals surface area contributed by atoms with E-state index in [0.717, 1.165) is 21.6 Å². The summed E-state index contributed by atoms with van der Waals surface area (Å²) in [5, 5.41) is 0.640. The largest absolute Gasteiger partial charge is 0.336 e. The maximum Gasteiger partial charge on any atom is 0.253 e. The highest BCUT2D eigenvalue weighted by molar-refractivity contribution is 7.92. The summed E-state index contributed by atoms with van der Waals surface area (Å²) in [5.41, 5.74) is 1.52. The van der Waals surface area contributed by atoms with Gasteiger partial charge in [-0.3, -0.25) is 4.79 Å². The molecule has 2 heterocycles. The molecule has 0 spiro atoms. The number of rotatable bonds is 5. The summed E-state index contributed by atoms with van der Waals surface area (Å²) in [7, 11) is -3.11. The maximum absolute atomic E-state index is 12.6. The molecule has 0 atom stereocenters. The number of benzene rings is 1. The van der Waals surface area contributed by atoms with Crippen molar-refractivity contribution in [3.8, 4) is 0 Å². The van der Waals surface area contributed by atoms with Crippen molar-refractivity contribution in [2.24, 2.45) is 5.92 Å². The van der Waals surface area contributed by atoms with E-state index in [1.807, 2.05) is 26.0 Å². The van der Waals surface area contributed by atoms with Gasteiger partial charge in [0.05, 0.1) is 26.2 Å². The third kappa shape index (κ3) is 3.32. The lowest BCUT2D eigenvalue weighted by molar-refractivity contribution is 0.0659. The first-order chi connectivity index (χ1) is 11.3. The third-order valence-corrected chi connectivity index (χ3v) is 7.80. The molecule has 0 saturated carbocycles. The predicted octanol–water partition coefficient (Wildman–Crippen LogP) is 2.75. The number of likely N-dealkylation sites (tertiary alicyclic amines) is 1.